The molecule has 8 aromatic carbocycles. The highest BCUT2D eigenvalue weighted by Crippen LogP contribution is 2.51. The van der Waals surface area contributed by atoms with E-state index in [1.807, 2.05) is 11.3 Å². The van der Waals surface area contributed by atoms with Crippen molar-refractivity contribution in [2.45, 2.75) is 19.3 Å². The standard InChI is InChI=1S/C47H33NS/c1-47(2)41-16-8-6-13-35(41)36-28-25-34(29-42(36)47)48(33-23-19-31(20-24-33)30-11-4-3-5-12-30)43-17-10-15-39-37(43)26-21-32-22-27-40-38-14-7-9-18-44(38)49-46(40)45(32)39/h3-29H,1-2H3. The third-order valence-electron chi connectivity index (χ3n) is 10.7. The Morgan fingerprint density at radius 2 is 1.14 bits per heavy atom. The number of fused-ring (bicyclic) bond motifs is 10. The van der Waals surface area contributed by atoms with Crippen molar-refractivity contribution in [1.29, 1.82) is 0 Å². The first-order chi connectivity index (χ1) is 24.1. The van der Waals surface area contributed by atoms with E-state index in [1.54, 1.807) is 0 Å². The van der Waals surface area contributed by atoms with Crippen molar-refractivity contribution in [2.24, 2.45) is 0 Å². The van der Waals surface area contributed by atoms with Gasteiger partial charge in [-0.1, -0.05) is 141 Å². The highest BCUT2D eigenvalue weighted by molar-refractivity contribution is 7.26. The van der Waals surface area contributed by atoms with Gasteiger partial charge in [-0.05, 0) is 80.6 Å². The van der Waals surface area contributed by atoms with Gasteiger partial charge in [0.05, 0.1) is 5.69 Å². The number of rotatable bonds is 4. The maximum atomic E-state index is 2.47. The van der Waals surface area contributed by atoms with E-state index < -0.39 is 0 Å². The van der Waals surface area contributed by atoms with E-state index in [0.717, 1.165) is 5.69 Å². The molecule has 0 unspecified atom stereocenters. The van der Waals surface area contributed by atoms with Crippen LogP contribution in [0.15, 0.2) is 164 Å². The fraction of sp³-hybridized carbons (Fsp3) is 0.0638. The minimum absolute atomic E-state index is 0.0908. The van der Waals surface area contributed by atoms with Gasteiger partial charge in [0.2, 0.25) is 0 Å². The van der Waals surface area contributed by atoms with E-state index in [0.29, 0.717) is 0 Å². The van der Waals surface area contributed by atoms with Gasteiger partial charge in [0.1, 0.15) is 0 Å². The monoisotopic (exact) mass is 643 g/mol. The van der Waals surface area contributed by atoms with Gasteiger partial charge in [-0.15, -0.1) is 11.3 Å². The minimum atomic E-state index is -0.0908. The number of hydrogen-bond acceptors (Lipinski definition) is 2. The predicted octanol–water partition coefficient (Wildman–Crippen LogP) is 13.8. The summed E-state index contributed by atoms with van der Waals surface area (Å²) in [5.74, 6) is 0. The average molecular weight is 644 g/mol. The first kappa shape index (κ1) is 28.3. The molecule has 0 amide bonds. The largest absolute Gasteiger partial charge is 0.310 e. The normalized spacial score (nSPS) is 13.3. The smallest absolute Gasteiger partial charge is 0.0540 e. The summed E-state index contributed by atoms with van der Waals surface area (Å²) in [5, 5.41) is 7.81. The molecule has 232 valence electrons. The fourth-order valence-electron chi connectivity index (χ4n) is 8.23. The molecule has 1 nitrogen and oxygen atoms in total. The summed E-state index contributed by atoms with van der Waals surface area (Å²) < 4.78 is 2.69. The predicted molar refractivity (Wildman–Crippen MR) is 212 cm³/mol. The van der Waals surface area contributed by atoms with Gasteiger partial charge in [0.15, 0.2) is 0 Å². The van der Waals surface area contributed by atoms with Crippen LogP contribution in [0.5, 0.6) is 0 Å². The molecule has 0 atom stereocenters. The molecule has 1 aromatic heterocycles. The van der Waals surface area contributed by atoms with Gasteiger partial charge in [0, 0.05) is 47.7 Å². The van der Waals surface area contributed by atoms with Crippen LogP contribution in [-0.4, -0.2) is 0 Å². The summed E-state index contributed by atoms with van der Waals surface area (Å²) in [6.07, 6.45) is 0. The zero-order valence-electron chi connectivity index (χ0n) is 27.4. The summed E-state index contributed by atoms with van der Waals surface area (Å²) >= 11 is 1.91. The molecule has 0 N–H and O–H groups in total. The van der Waals surface area contributed by atoms with E-state index in [1.165, 1.54) is 86.5 Å². The lowest BCUT2D eigenvalue weighted by Gasteiger charge is -2.29. The molecule has 2 heteroatoms. The molecule has 1 aliphatic rings. The van der Waals surface area contributed by atoms with Gasteiger partial charge in [-0.25, -0.2) is 0 Å². The first-order valence-corrected chi connectivity index (χ1v) is 17.8. The van der Waals surface area contributed by atoms with E-state index in [-0.39, 0.29) is 5.41 Å². The maximum absolute atomic E-state index is 2.47. The Hall–Kier alpha value is -5.70. The van der Waals surface area contributed by atoms with Crippen molar-refractivity contribution in [1.82, 2.24) is 0 Å². The van der Waals surface area contributed by atoms with Crippen molar-refractivity contribution < 1.29 is 0 Å². The summed E-state index contributed by atoms with van der Waals surface area (Å²) in [4.78, 5) is 2.47. The van der Waals surface area contributed by atoms with Crippen LogP contribution in [0.3, 0.4) is 0 Å². The van der Waals surface area contributed by atoms with Crippen LogP contribution in [0.1, 0.15) is 25.0 Å². The lowest BCUT2D eigenvalue weighted by Crippen LogP contribution is -2.16. The van der Waals surface area contributed by atoms with Gasteiger partial charge < -0.3 is 4.90 Å². The Labute approximate surface area is 290 Å². The van der Waals surface area contributed by atoms with Crippen LogP contribution >= 0.6 is 11.3 Å². The second-order valence-electron chi connectivity index (χ2n) is 13.7. The highest BCUT2D eigenvalue weighted by Gasteiger charge is 2.35. The van der Waals surface area contributed by atoms with Crippen molar-refractivity contribution in [3.05, 3.63) is 175 Å². The molecule has 0 bridgehead atoms. The Bertz CT molecular complexity index is 2730. The zero-order valence-corrected chi connectivity index (χ0v) is 28.3. The van der Waals surface area contributed by atoms with Gasteiger partial charge in [-0.2, -0.15) is 0 Å². The summed E-state index contributed by atoms with van der Waals surface area (Å²) in [6.45, 7) is 4.72. The number of benzene rings is 8. The Balaban J connectivity index is 1.22. The SMILES string of the molecule is CC1(C)c2ccccc2-c2ccc(N(c3ccc(-c4ccccc4)cc3)c3cccc4c3ccc3ccc5c6ccccc6sc5c34)cc21. The Morgan fingerprint density at radius 1 is 0.469 bits per heavy atom. The Kier molecular flexibility index (Phi) is 6.16. The summed E-state index contributed by atoms with van der Waals surface area (Å²) in [5.41, 5.74) is 11.3. The number of nitrogens with zero attached hydrogens (tertiary/aromatic N) is 1. The lowest BCUT2D eigenvalue weighted by molar-refractivity contribution is 0.660. The molecule has 0 radical (unpaired) electrons. The molecule has 9 aromatic rings. The van der Waals surface area contributed by atoms with E-state index in [2.05, 4.69) is 183 Å². The van der Waals surface area contributed by atoms with Gasteiger partial charge in [0.25, 0.3) is 0 Å². The van der Waals surface area contributed by atoms with Crippen LogP contribution in [0.2, 0.25) is 0 Å². The van der Waals surface area contributed by atoms with Crippen molar-refractivity contribution in [3.8, 4) is 22.3 Å². The van der Waals surface area contributed by atoms with Crippen LogP contribution in [0.25, 0.3) is 64.0 Å². The molecule has 0 saturated carbocycles. The van der Waals surface area contributed by atoms with E-state index in [4.69, 9.17) is 0 Å². The van der Waals surface area contributed by atoms with Gasteiger partial charge >= 0.3 is 0 Å². The molecule has 1 heterocycles. The van der Waals surface area contributed by atoms with Crippen LogP contribution in [-0.2, 0) is 5.41 Å². The van der Waals surface area contributed by atoms with Crippen LogP contribution in [0, 0.1) is 0 Å². The highest BCUT2D eigenvalue weighted by atomic mass is 32.1. The van der Waals surface area contributed by atoms with Gasteiger partial charge in [-0.3, -0.25) is 0 Å². The van der Waals surface area contributed by atoms with Crippen molar-refractivity contribution >= 4 is 70.1 Å². The second-order valence-corrected chi connectivity index (χ2v) is 14.8. The third-order valence-corrected chi connectivity index (χ3v) is 11.9. The second kappa shape index (κ2) is 10.7. The molecule has 0 spiro atoms. The number of hydrogen-bond donors (Lipinski definition) is 0. The first-order valence-electron chi connectivity index (χ1n) is 17.0. The molecular formula is C47H33NS. The number of thiophene rings is 1. The van der Waals surface area contributed by atoms with E-state index >= 15 is 0 Å². The lowest BCUT2D eigenvalue weighted by atomic mass is 9.82. The Morgan fingerprint density at radius 3 is 2.00 bits per heavy atom. The molecule has 49 heavy (non-hydrogen) atoms. The quantitative estimate of drug-likeness (QED) is 0.173. The summed E-state index contributed by atoms with van der Waals surface area (Å²) in [6, 6.07) is 60.5. The molecule has 10 rings (SSSR count). The molecule has 0 saturated heterocycles. The molecule has 0 fully saturated rings. The van der Waals surface area contributed by atoms with Crippen LogP contribution in [0.4, 0.5) is 17.1 Å². The van der Waals surface area contributed by atoms with Crippen LogP contribution < -0.4 is 4.90 Å². The van der Waals surface area contributed by atoms with Crippen molar-refractivity contribution in [3.63, 3.8) is 0 Å². The fourth-order valence-corrected chi connectivity index (χ4v) is 9.50. The third kappa shape index (κ3) is 4.24. The summed E-state index contributed by atoms with van der Waals surface area (Å²) in [7, 11) is 0. The molecule has 1 aliphatic carbocycles. The molecule has 0 aliphatic heterocycles. The topological polar surface area (TPSA) is 3.24 Å². The minimum Gasteiger partial charge on any atom is -0.310 e. The zero-order chi connectivity index (χ0) is 32.7. The van der Waals surface area contributed by atoms with E-state index in [9.17, 15) is 0 Å². The number of anilines is 3. The maximum Gasteiger partial charge on any atom is 0.0540 e. The molecular weight excluding hydrogens is 611 g/mol. The van der Waals surface area contributed by atoms with Crippen molar-refractivity contribution in [2.75, 3.05) is 4.90 Å². The average Bonchev–Trinajstić information content (AvgIpc) is 3.64.